The number of halogens is 3. The smallest absolute Gasteiger partial charge is 0.296 e. The molecule has 0 radical (unpaired) electrons. The number of anilines is 1. The third kappa shape index (κ3) is 2.77. The number of pyridine rings is 1. The first kappa shape index (κ1) is 13.6. The molecule has 102 valence electrons. The van der Waals surface area contributed by atoms with Crippen molar-refractivity contribution in [2.75, 3.05) is 11.4 Å². The minimum Gasteiger partial charge on any atom is -0.296 e. The first-order valence-electron chi connectivity index (χ1n) is 5.93. The number of alkyl halides is 3. The lowest BCUT2D eigenvalue weighted by Crippen LogP contribution is -2.36. The quantitative estimate of drug-likeness (QED) is 0.826. The summed E-state index contributed by atoms with van der Waals surface area (Å²) in [5.74, 6) is 0.148. The Labute approximate surface area is 108 Å². The fourth-order valence-electron chi connectivity index (χ4n) is 2.04. The summed E-state index contributed by atoms with van der Waals surface area (Å²) >= 11 is 0. The number of rotatable bonds is 2. The van der Waals surface area contributed by atoms with Gasteiger partial charge in [0, 0.05) is 24.7 Å². The van der Waals surface area contributed by atoms with Crippen molar-refractivity contribution in [3.05, 3.63) is 30.0 Å². The lowest BCUT2D eigenvalue weighted by atomic mass is 10.1. The predicted molar refractivity (Wildman–Crippen MR) is 65.5 cm³/mol. The van der Waals surface area contributed by atoms with Crippen molar-refractivity contribution in [2.45, 2.75) is 25.4 Å². The van der Waals surface area contributed by atoms with Crippen LogP contribution in [0.25, 0.3) is 6.08 Å². The second-order valence-corrected chi connectivity index (χ2v) is 4.34. The molecular weight excluding hydrogens is 257 g/mol. The molecule has 1 aliphatic heterocycles. The number of carbonyl (C=O) groups excluding carboxylic acids is 1. The van der Waals surface area contributed by atoms with E-state index in [0.29, 0.717) is 13.0 Å². The van der Waals surface area contributed by atoms with Crippen LogP contribution in [0.15, 0.2) is 18.8 Å². The van der Waals surface area contributed by atoms with E-state index < -0.39 is 11.7 Å². The Morgan fingerprint density at radius 2 is 2.11 bits per heavy atom. The molecule has 3 nitrogen and oxygen atoms in total. The van der Waals surface area contributed by atoms with E-state index in [4.69, 9.17) is 0 Å². The van der Waals surface area contributed by atoms with E-state index in [2.05, 4.69) is 11.6 Å². The molecule has 1 amide bonds. The number of nitrogens with zero attached hydrogens (tertiary/aromatic N) is 2. The molecule has 0 atom stereocenters. The third-order valence-electron chi connectivity index (χ3n) is 3.02. The van der Waals surface area contributed by atoms with Gasteiger partial charge in [0.05, 0.1) is 5.56 Å². The monoisotopic (exact) mass is 270 g/mol. The van der Waals surface area contributed by atoms with Crippen LogP contribution < -0.4 is 4.90 Å². The third-order valence-corrected chi connectivity index (χ3v) is 3.02. The van der Waals surface area contributed by atoms with E-state index in [1.54, 1.807) is 0 Å². The van der Waals surface area contributed by atoms with E-state index in [0.717, 1.165) is 25.1 Å². The van der Waals surface area contributed by atoms with E-state index >= 15 is 0 Å². The van der Waals surface area contributed by atoms with Gasteiger partial charge in [-0.2, -0.15) is 13.2 Å². The van der Waals surface area contributed by atoms with Crippen molar-refractivity contribution in [1.82, 2.24) is 4.98 Å². The van der Waals surface area contributed by atoms with Gasteiger partial charge in [0.1, 0.15) is 5.82 Å². The van der Waals surface area contributed by atoms with Gasteiger partial charge in [0.25, 0.3) is 0 Å². The Hall–Kier alpha value is -1.85. The predicted octanol–water partition coefficient (Wildman–Crippen LogP) is 3.26. The van der Waals surface area contributed by atoms with Crippen LogP contribution in [-0.2, 0) is 11.0 Å². The minimum absolute atomic E-state index is 0.110. The zero-order chi connectivity index (χ0) is 14.0. The summed E-state index contributed by atoms with van der Waals surface area (Å²) in [6.45, 7) is 3.97. The Balaban J connectivity index is 2.41. The lowest BCUT2D eigenvalue weighted by molar-refractivity contribution is -0.137. The molecule has 1 aliphatic rings. The number of amides is 1. The SMILES string of the molecule is C=Cc1cc(C(F)(F)F)cnc1N1CCCCC1=O. The highest BCUT2D eigenvalue weighted by Crippen LogP contribution is 2.32. The second kappa shape index (κ2) is 5.03. The fraction of sp³-hybridized carbons (Fsp3) is 0.385. The van der Waals surface area contributed by atoms with Gasteiger partial charge in [0.2, 0.25) is 5.91 Å². The number of hydrogen-bond donors (Lipinski definition) is 0. The summed E-state index contributed by atoms with van der Waals surface area (Å²) in [5.41, 5.74) is -0.610. The van der Waals surface area contributed by atoms with Gasteiger partial charge in [-0.3, -0.25) is 9.69 Å². The van der Waals surface area contributed by atoms with E-state index in [1.807, 2.05) is 0 Å². The van der Waals surface area contributed by atoms with Crippen LogP contribution in [0.5, 0.6) is 0 Å². The van der Waals surface area contributed by atoms with Gasteiger partial charge in [-0.1, -0.05) is 12.7 Å². The van der Waals surface area contributed by atoms with Gasteiger partial charge in [-0.05, 0) is 18.9 Å². The average Bonchev–Trinajstić information content (AvgIpc) is 2.37. The molecule has 0 spiro atoms. The molecule has 6 heteroatoms. The van der Waals surface area contributed by atoms with Crippen LogP contribution in [0.4, 0.5) is 19.0 Å². The second-order valence-electron chi connectivity index (χ2n) is 4.34. The largest absolute Gasteiger partial charge is 0.417 e. The molecule has 0 aliphatic carbocycles. The Bertz CT molecular complexity index is 511. The highest BCUT2D eigenvalue weighted by atomic mass is 19.4. The van der Waals surface area contributed by atoms with Crippen LogP contribution in [-0.4, -0.2) is 17.4 Å². The average molecular weight is 270 g/mol. The molecule has 1 aromatic rings. The molecule has 19 heavy (non-hydrogen) atoms. The number of aromatic nitrogens is 1. The number of piperidine rings is 1. The maximum Gasteiger partial charge on any atom is 0.417 e. The lowest BCUT2D eigenvalue weighted by Gasteiger charge is -2.27. The summed E-state index contributed by atoms with van der Waals surface area (Å²) in [5, 5.41) is 0. The minimum atomic E-state index is -4.45. The zero-order valence-electron chi connectivity index (χ0n) is 10.2. The van der Waals surface area contributed by atoms with Gasteiger partial charge in [-0.15, -0.1) is 0 Å². The topological polar surface area (TPSA) is 33.2 Å². The number of carbonyl (C=O) groups is 1. The van der Waals surface area contributed by atoms with Gasteiger partial charge in [0.15, 0.2) is 0 Å². The van der Waals surface area contributed by atoms with E-state index in [1.165, 1.54) is 11.0 Å². The summed E-state index contributed by atoms with van der Waals surface area (Å²) in [4.78, 5) is 17.0. The maximum atomic E-state index is 12.6. The van der Waals surface area contributed by atoms with Crippen molar-refractivity contribution in [3.8, 4) is 0 Å². The van der Waals surface area contributed by atoms with Crippen LogP contribution >= 0.6 is 0 Å². The standard InChI is InChI=1S/C13H13F3N2O/c1-2-9-7-10(13(14,15)16)8-17-12(9)18-6-4-3-5-11(18)19/h2,7-8H,1,3-6H2. The molecule has 1 aromatic heterocycles. The summed E-state index contributed by atoms with van der Waals surface area (Å²) in [6, 6.07) is 0.969. The van der Waals surface area contributed by atoms with Gasteiger partial charge in [-0.25, -0.2) is 4.98 Å². The van der Waals surface area contributed by atoms with Crippen LogP contribution in [0.2, 0.25) is 0 Å². The Morgan fingerprint density at radius 1 is 1.37 bits per heavy atom. The van der Waals surface area contributed by atoms with Crippen molar-refractivity contribution < 1.29 is 18.0 Å². The van der Waals surface area contributed by atoms with Crippen molar-refractivity contribution in [3.63, 3.8) is 0 Å². The fourth-order valence-corrected chi connectivity index (χ4v) is 2.04. The van der Waals surface area contributed by atoms with E-state index in [-0.39, 0.29) is 17.3 Å². The van der Waals surface area contributed by atoms with Gasteiger partial charge >= 0.3 is 6.18 Å². The molecule has 0 aromatic carbocycles. The van der Waals surface area contributed by atoms with Crippen molar-refractivity contribution >= 4 is 17.8 Å². The normalized spacial score (nSPS) is 16.6. The van der Waals surface area contributed by atoms with Crippen molar-refractivity contribution in [1.29, 1.82) is 0 Å². The van der Waals surface area contributed by atoms with Crippen LogP contribution in [0.3, 0.4) is 0 Å². The molecular formula is C13H13F3N2O. The molecule has 0 saturated carbocycles. The molecule has 2 heterocycles. The molecule has 1 fully saturated rings. The number of hydrogen-bond acceptors (Lipinski definition) is 2. The summed E-state index contributed by atoms with van der Waals surface area (Å²) in [6.07, 6.45) is -0.372. The molecule has 1 saturated heterocycles. The van der Waals surface area contributed by atoms with Crippen LogP contribution in [0, 0.1) is 0 Å². The van der Waals surface area contributed by atoms with Gasteiger partial charge < -0.3 is 0 Å². The highest BCUT2D eigenvalue weighted by molar-refractivity contribution is 5.94. The first-order valence-corrected chi connectivity index (χ1v) is 5.93. The van der Waals surface area contributed by atoms with E-state index in [9.17, 15) is 18.0 Å². The molecule has 0 N–H and O–H groups in total. The molecule has 2 rings (SSSR count). The zero-order valence-corrected chi connectivity index (χ0v) is 10.2. The van der Waals surface area contributed by atoms with Crippen LogP contribution in [0.1, 0.15) is 30.4 Å². The highest BCUT2D eigenvalue weighted by Gasteiger charge is 2.32. The first-order chi connectivity index (χ1) is 8.93. The summed E-state index contributed by atoms with van der Waals surface area (Å²) < 4.78 is 37.8. The molecule has 0 unspecified atom stereocenters. The molecule has 0 bridgehead atoms. The van der Waals surface area contributed by atoms with Crippen molar-refractivity contribution in [2.24, 2.45) is 0 Å². The Morgan fingerprint density at radius 3 is 2.68 bits per heavy atom. The summed E-state index contributed by atoms with van der Waals surface area (Å²) in [7, 11) is 0. The Kier molecular flexibility index (Phi) is 3.59. The maximum absolute atomic E-state index is 12.6.